The number of carbonyl (C=O) groups excluding carboxylic acids is 1. The summed E-state index contributed by atoms with van der Waals surface area (Å²) in [6.45, 7) is 7.99. The SMILES string of the molecule is CC(C)(C)N(C(=O)OCC#Cc1cnccn1)C1CCNCC1. The van der Waals surface area contributed by atoms with Gasteiger partial charge in [-0.3, -0.25) is 4.98 Å². The third kappa shape index (κ3) is 5.22. The molecule has 2 rings (SSSR count). The van der Waals surface area contributed by atoms with Crippen molar-refractivity contribution in [1.82, 2.24) is 20.2 Å². The highest BCUT2D eigenvalue weighted by molar-refractivity contribution is 5.69. The van der Waals surface area contributed by atoms with E-state index in [-0.39, 0.29) is 24.3 Å². The molecule has 1 fully saturated rings. The van der Waals surface area contributed by atoms with E-state index in [1.165, 1.54) is 0 Å². The summed E-state index contributed by atoms with van der Waals surface area (Å²) in [5.74, 6) is 5.64. The minimum absolute atomic E-state index is 0.0486. The van der Waals surface area contributed by atoms with Crippen LogP contribution in [0, 0.1) is 11.8 Å². The molecule has 0 bridgehead atoms. The molecule has 1 aliphatic rings. The molecular weight excluding hydrogens is 292 g/mol. The monoisotopic (exact) mass is 316 g/mol. The van der Waals surface area contributed by atoms with Crippen molar-refractivity contribution in [2.45, 2.75) is 45.2 Å². The van der Waals surface area contributed by atoms with Crippen LogP contribution in [0.15, 0.2) is 18.6 Å². The predicted molar refractivity (Wildman–Crippen MR) is 87.7 cm³/mol. The molecule has 2 heterocycles. The molecule has 0 spiro atoms. The quantitative estimate of drug-likeness (QED) is 0.843. The molecule has 124 valence electrons. The van der Waals surface area contributed by atoms with Crippen LogP contribution in [-0.2, 0) is 4.74 Å². The topological polar surface area (TPSA) is 67.4 Å². The Labute approximate surface area is 137 Å². The first-order valence-electron chi connectivity index (χ1n) is 7.90. The first-order valence-corrected chi connectivity index (χ1v) is 7.90. The van der Waals surface area contributed by atoms with Gasteiger partial charge < -0.3 is 15.0 Å². The van der Waals surface area contributed by atoms with E-state index < -0.39 is 0 Å². The Morgan fingerprint density at radius 2 is 2.13 bits per heavy atom. The highest BCUT2D eigenvalue weighted by atomic mass is 16.6. The molecule has 0 radical (unpaired) electrons. The van der Waals surface area contributed by atoms with Gasteiger partial charge in [-0.2, -0.15) is 0 Å². The second-order valence-corrected chi connectivity index (χ2v) is 6.47. The van der Waals surface area contributed by atoms with Gasteiger partial charge in [0.1, 0.15) is 5.69 Å². The maximum atomic E-state index is 12.5. The summed E-state index contributed by atoms with van der Waals surface area (Å²) in [6, 6.07) is 0.205. The second-order valence-electron chi connectivity index (χ2n) is 6.47. The van der Waals surface area contributed by atoms with Crippen molar-refractivity contribution in [1.29, 1.82) is 0 Å². The third-order valence-corrected chi connectivity index (χ3v) is 3.64. The maximum Gasteiger partial charge on any atom is 0.411 e. The zero-order chi connectivity index (χ0) is 16.7. The number of carbonyl (C=O) groups is 1. The molecule has 0 unspecified atom stereocenters. The van der Waals surface area contributed by atoms with Gasteiger partial charge in [-0.25, -0.2) is 9.78 Å². The largest absolute Gasteiger partial charge is 0.436 e. The standard InChI is InChI=1S/C17H24N4O2/c1-17(2,3)21(15-6-8-18-9-7-15)16(22)23-12-4-5-14-13-19-10-11-20-14/h10-11,13,15,18H,6-9,12H2,1-3H3. The van der Waals surface area contributed by atoms with Crippen molar-refractivity contribution in [2.75, 3.05) is 19.7 Å². The maximum absolute atomic E-state index is 12.5. The average molecular weight is 316 g/mol. The van der Waals surface area contributed by atoms with Gasteiger partial charge >= 0.3 is 6.09 Å². The molecule has 0 saturated carbocycles. The van der Waals surface area contributed by atoms with Gasteiger partial charge in [0, 0.05) is 24.0 Å². The normalized spacial score (nSPS) is 15.4. The fourth-order valence-electron chi connectivity index (χ4n) is 2.69. The lowest BCUT2D eigenvalue weighted by atomic mass is 9.98. The Hall–Kier alpha value is -2.13. The summed E-state index contributed by atoms with van der Waals surface area (Å²) in [5.41, 5.74) is 0.284. The van der Waals surface area contributed by atoms with Crippen LogP contribution in [0.5, 0.6) is 0 Å². The molecule has 23 heavy (non-hydrogen) atoms. The second kappa shape index (κ2) is 7.93. The number of ether oxygens (including phenoxy) is 1. The minimum Gasteiger partial charge on any atom is -0.436 e. The fraction of sp³-hybridized carbons (Fsp3) is 0.588. The molecule has 0 aliphatic carbocycles. The van der Waals surface area contributed by atoms with Gasteiger partial charge in [0.25, 0.3) is 0 Å². The number of nitrogens with one attached hydrogen (secondary N) is 1. The molecule has 1 saturated heterocycles. The van der Waals surface area contributed by atoms with E-state index in [1.54, 1.807) is 18.6 Å². The van der Waals surface area contributed by atoms with E-state index in [1.807, 2.05) is 25.7 Å². The van der Waals surface area contributed by atoms with Crippen molar-refractivity contribution >= 4 is 6.09 Å². The molecule has 0 aromatic carbocycles. The van der Waals surface area contributed by atoms with Crippen molar-refractivity contribution in [3.8, 4) is 11.8 Å². The van der Waals surface area contributed by atoms with Crippen LogP contribution in [0.25, 0.3) is 0 Å². The molecule has 1 aromatic rings. The average Bonchev–Trinajstić information content (AvgIpc) is 2.52. The van der Waals surface area contributed by atoms with E-state index >= 15 is 0 Å². The van der Waals surface area contributed by atoms with Crippen LogP contribution in [0.2, 0.25) is 0 Å². The Balaban J connectivity index is 1.94. The van der Waals surface area contributed by atoms with Gasteiger partial charge in [-0.05, 0) is 52.6 Å². The van der Waals surface area contributed by atoms with Gasteiger partial charge in [-0.15, -0.1) is 0 Å². The molecule has 6 nitrogen and oxygen atoms in total. The summed E-state index contributed by atoms with van der Waals surface area (Å²) >= 11 is 0. The van der Waals surface area contributed by atoms with Crippen LogP contribution >= 0.6 is 0 Å². The van der Waals surface area contributed by atoms with Gasteiger partial charge in [0.05, 0.1) is 6.20 Å². The van der Waals surface area contributed by atoms with E-state index in [2.05, 4.69) is 27.1 Å². The first kappa shape index (κ1) is 17.2. The molecule has 1 amide bonds. The van der Waals surface area contributed by atoms with Crippen LogP contribution in [-0.4, -0.2) is 52.2 Å². The summed E-state index contributed by atoms with van der Waals surface area (Å²) in [4.78, 5) is 22.3. The number of piperidine rings is 1. The van der Waals surface area contributed by atoms with E-state index in [0.29, 0.717) is 5.69 Å². The van der Waals surface area contributed by atoms with Gasteiger partial charge in [0.2, 0.25) is 0 Å². The molecule has 6 heteroatoms. The van der Waals surface area contributed by atoms with Crippen LogP contribution < -0.4 is 5.32 Å². The predicted octanol–water partition coefficient (Wildman–Crippen LogP) is 1.82. The fourth-order valence-corrected chi connectivity index (χ4v) is 2.69. The van der Waals surface area contributed by atoms with Crippen LogP contribution in [0.3, 0.4) is 0 Å². The molecular formula is C17H24N4O2. The number of rotatable bonds is 2. The number of aromatic nitrogens is 2. The summed E-state index contributed by atoms with van der Waals surface area (Å²) in [5, 5.41) is 3.32. The molecule has 0 atom stereocenters. The zero-order valence-electron chi connectivity index (χ0n) is 14.0. The van der Waals surface area contributed by atoms with Crippen molar-refractivity contribution in [2.24, 2.45) is 0 Å². The van der Waals surface area contributed by atoms with Crippen molar-refractivity contribution in [3.63, 3.8) is 0 Å². The highest BCUT2D eigenvalue weighted by Gasteiger charge is 2.34. The van der Waals surface area contributed by atoms with Gasteiger partial charge in [0.15, 0.2) is 6.61 Å². The van der Waals surface area contributed by atoms with E-state index in [0.717, 1.165) is 25.9 Å². The molecule has 1 aliphatic heterocycles. The van der Waals surface area contributed by atoms with Crippen molar-refractivity contribution in [3.05, 3.63) is 24.3 Å². The summed E-state index contributed by atoms with van der Waals surface area (Å²) in [7, 11) is 0. The number of nitrogens with zero attached hydrogens (tertiary/aromatic N) is 3. The summed E-state index contributed by atoms with van der Waals surface area (Å²) in [6.07, 6.45) is 6.32. The first-order chi connectivity index (χ1) is 11.0. The number of hydrogen-bond donors (Lipinski definition) is 1. The lowest BCUT2D eigenvalue weighted by Gasteiger charge is -2.42. The Bertz CT molecular complexity index is 566. The summed E-state index contributed by atoms with van der Waals surface area (Å²) < 4.78 is 5.35. The van der Waals surface area contributed by atoms with Gasteiger partial charge in [-0.1, -0.05) is 5.92 Å². The van der Waals surface area contributed by atoms with Crippen LogP contribution in [0.1, 0.15) is 39.3 Å². The van der Waals surface area contributed by atoms with E-state index in [9.17, 15) is 4.79 Å². The Morgan fingerprint density at radius 3 is 2.74 bits per heavy atom. The lowest BCUT2D eigenvalue weighted by molar-refractivity contribution is 0.0419. The highest BCUT2D eigenvalue weighted by Crippen LogP contribution is 2.23. The smallest absolute Gasteiger partial charge is 0.411 e. The molecule has 1 aromatic heterocycles. The number of hydrogen-bond acceptors (Lipinski definition) is 5. The lowest BCUT2D eigenvalue weighted by Crippen LogP contribution is -2.54. The molecule has 1 N–H and O–H groups in total. The Morgan fingerprint density at radius 1 is 1.39 bits per heavy atom. The van der Waals surface area contributed by atoms with Crippen molar-refractivity contribution < 1.29 is 9.53 Å². The van der Waals surface area contributed by atoms with E-state index in [4.69, 9.17) is 4.74 Å². The third-order valence-electron chi connectivity index (χ3n) is 3.64. The van der Waals surface area contributed by atoms with Crippen LogP contribution in [0.4, 0.5) is 4.79 Å². The zero-order valence-corrected chi connectivity index (χ0v) is 14.0. The minimum atomic E-state index is -0.308. The number of amides is 1. The Kier molecular flexibility index (Phi) is 5.94.